The van der Waals surface area contributed by atoms with Crippen LogP contribution < -0.4 is 0 Å². The summed E-state index contributed by atoms with van der Waals surface area (Å²) in [7, 11) is 0. The van der Waals surface area contributed by atoms with Crippen LogP contribution >= 0.6 is 46.4 Å². The fourth-order valence-electron chi connectivity index (χ4n) is 1.54. The second-order valence-electron chi connectivity index (χ2n) is 5.92. The Labute approximate surface area is 202 Å². The SMILES string of the molecule is O=C(Cl)OC(CCl)COC(=O)OCC(CCl)OC(=O)Cl.O=C(OCC1CO1)OCC1CO1. The van der Waals surface area contributed by atoms with Gasteiger partial charge in [-0.1, -0.05) is 0 Å². The number of carbonyl (C=O) groups excluding carboxylic acids is 4. The number of rotatable bonds is 12. The standard InChI is InChI=1S/C9H10Cl4O7.C7H10O5/c10-1-5(19-7(12)14)3-17-9(16)18-4-6(2-11)20-8(13)15;8-7(11-3-5-1-9-5)12-4-6-2-10-6/h5-6H,1-4H2;5-6H,1-4H2. The molecule has 2 heterocycles. The molecule has 4 atom stereocenters. The highest BCUT2D eigenvalue weighted by Gasteiger charge is 2.27. The summed E-state index contributed by atoms with van der Waals surface area (Å²) in [6, 6.07) is 0. The van der Waals surface area contributed by atoms with E-state index in [-0.39, 0.29) is 37.2 Å². The van der Waals surface area contributed by atoms with Crippen molar-refractivity contribution in [2.75, 3.05) is 51.4 Å². The van der Waals surface area contributed by atoms with Crippen LogP contribution in [0.5, 0.6) is 0 Å². The van der Waals surface area contributed by atoms with Crippen molar-refractivity contribution in [3.63, 3.8) is 0 Å². The van der Waals surface area contributed by atoms with Crippen LogP contribution in [0.25, 0.3) is 0 Å². The van der Waals surface area contributed by atoms with Gasteiger partial charge in [0.05, 0.1) is 25.0 Å². The van der Waals surface area contributed by atoms with E-state index in [9.17, 15) is 19.2 Å². The third-order valence-corrected chi connectivity index (χ3v) is 4.08. The summed E-state index contributed by atoms with van der Waals surface area (Å²) in [4.78, 5) is 42.8. The zero-order valence-electron chi connectivity index (χ0n) is 16.4. The van der Waals surface area contributed by atoms with E-state index in [4.69, 9.17) is 65.4 Å². The Balaban J connectivity index is 0.000000357. The maximum Gasteiger partial charge on any atom is 0.508 e. The van der Waals surface area contributed by atoms with Crippen molar-refractivity contribution in [2.24, 2.45) is 0 Å². The third kappa shape index (κ3) is 16.2. The summed E-state index contributed by atoms with van der Waals surface area (Å²) in [5.41, 5.74) is -2.16. The highest BCUT2D eigenvalue weighted by Crippen LogP contribution is 2.11. The molecule has 2 aliphatic heterocycles. The van der Waals surface area contributed by atoms with Gasteiger partial charge in [-0.2, -0.15) is 0 Å². The smallest absolute Gasteiger partial charge is 0.445 e. The lowest BCUT2D eigenvalue weighted by Crippen LogP contribution is -2.28. The first-order valence-corrected chi connectivity index (χ1v) is 10.7. The van der Waals surface area contributed by atoms with E-state index in [1.807, 2.05) is 0 Å². The molecule has 0 amide bonds. The Hall–Kier alpha value is -1.44. The number of epoxide rings is 2. The van der Waals surface area contributed by atoms with Gasteiger partial charge >= 0.3 is 23.2 Å². The fraction of sp³-hybridized carbons (Fsp3) is 0.750. The van der Waals surface area contributed by atoms with Crippen molar-refractivity contribution in [3.8, 4) is 0 Å². The van der Waals surface area contributed by atoms with Crippen molar-refractivity contribution in [1.82, 2.24) is 0 Å². The minimum absolute atomic E-state index is 0.0923. The van der Waals surface area contributed by atoms with E-state index < -0.39 is 35.4 Å². The molecule has 184 valence electrons. The van der Waals surface area contributed by atoms with Gasteiger partial charge < -0.3 is 37.9 Å². The first-order chi connectivity index (χ1) is 15.2. The molecule has 0 saturated carbocycles. The second kappa shape index (κ2) is 16.2. The molecule has 12 nitrogen and oxygen atoms in total. The first kappa shape index (κ1) is 28.6. The van der Waals surface area contributed by atoms with Crippen LogP contribution in [0.4, 0.5) is 19.2 Å². The Bertz CT molecular complexity index is 566. The predicted octanol–water partition coefficient (Wildman–Crippen LogP) is 3.04. The topological polar surface area (TPSA) is 149 Å². The number of hydrogen-bond acceptors (Lipinski definition) is 12. The normalized spacial score (nSPS) is 19.8. The molecule has 0 radical (unpaired) electrons. The molecule has 0 spiro atoms. The van der Waals surface area contributed by atoms with Gasteiger partial charge in [0.25, 0.3) is 0 Å². The molecule has 2 aliphatic rings. The summed E-state index contributed by atoms with van der Waals surface area (Å²) in [5, 5.41) is 0. The zero-order chi connectivity index (χ0) is 23.9. The number of ether oxygens (including phenoxy) is 8. The van der Waals surface area contributed by atoms with Crippen LogP contribution in [0.2, 0.25) is 0 Å². The number of halogens is 4. The Morgan fingerprint density at radius 2 is 1.06 bits per heavy atom. The minimum atomic E-state index is -1.09. The predicted molar refractivity (Wildman–Crippen MR) is 108 cm³/mol. The van der Waals surface area contributed by atoms with Gasteiger partial charge in [0.1, 0.15) is 38.6 Å². The molecule has 0 aliphatic carbocycles. The highest BCUT2D eigenvalue weighted by atomic mass is 35.5. The van der Waals surface area contributed by atoms with Crippen molar-refractivity contribution < 1.29 is 57.1 Å². The van der Waals surface area contributed by atoms with Gasteiger partial charge in [-0.25, -0.2) is 19.2 Å². The summed E-state index contributed by atoms with van der Waals surface area (Å²) in [5.74, 6) is -0.250. The molecular weight excluding hydrogens is 526 g/mol. The summed E-state index contributed by atoms with van der Waals surface area (Å²) in [6.45, 7) is 1.26. The van der Waals surface area contributed by atoms with E-state index in [0.29, 0.717) is 26.4 Å². The van der Waals surface area contributed by atoms with Gasteiger partial charge in [-0.15, -0.1) is 23.2 Å². The summed E-state index contributed by atoms with van der Waals surface area (Å²) in [6.07, 6.45) is -3.35. The molecule has 32 heavy (non-hydrogen) atoms. The van der Waals surface area contributed by atoms with Gasteiger partial charge in [0, 0.05) is 23.2 Å². The van der Waals surface area contributed by atoms with E-state index >= 15 is 0 Å². The van der Waals surface area contributed by atoms with E-state index in [1.165, 1.54) is 0 Å². The van der Waals surface area contributed by atoms with Crippen molar-refractivity contribution in [3.05, 3.63) is 0 Å². The van der Waals surface area contributed by atoms with Crippen LogP contribution in [0.1, 0.15) is 0 Å². The van der Waals surface area contributed by atoms with Crippen molar-refractivity contribution >= 4 is 69.6 Å². The van der Waals surface area contributed by atoms with Crippen LogP contribution in [-0.4, -0.2) is 99.0 Å². The maximum atomic E-state index is 11.2. The Morgan fingerprint density at radius 3 is 1.34 bits per heavy atom. The maximum absolute atomic E-state index is 11.2. The highest BCUT2D eigenvalue weighted by molar-refractivity contribution is 6.61. The van der Waals surface area contributed by atoms with Crippen molar-refractivity contribution in [2.45, 2.75) is 24.4 Å². The fourth-order valence-corrected chi connectivity index (χ4v) is 2.09. The molecule has 2 saturated heterocycles. The summed E-state index contributed by atoms with van der Waals surface area (Å²) >= 11 is 20.8. The Kier molecular flexibility index (Phi) is 14.5. The van der Waals surface area contributed by atoms with Crippen LogP contribution in [-0.2, 0) is 37.9 Å². The molecule has 0 aromatic heterocycles. The molecule has 2 fully saturated rings. The Morgan fingerprint density at radius 1 is 0.719 bits per heavy atom. The molecule has 0 N–H and O–H groups in total. The quantitative estimate of drug-likeness (QED) is 0.116. The van der Waals surface area contributed by atoms with E-state index in [0.717, 1.165) is 0 Å². The molecule has 0 aromatic carbocycles. The van der Waals surface area contributed by atoms with Crippen LogP contribution in [0, 0.1) is 0 Å². The van der Waals surface area contributed by atoms with E-state index in [1.54, 1.807) is 0 Å². The molecule has 0 bridgehead atoms. The monoisotopic (exact) mass is 544 g/mol. The van der Waals surface area contributed by atoms with Crippen LogP contribution in [0.3, 0.4) is 0 Å². The number of hydrogen-bond donors (Lipinski definition) is 0. The van der Waals surface area contributed by atoms with Gasteiger partial charge in [0.2, 0.25) is 0 Å². The molecule has 16 heteroatoms. The molecule has 2 rings (SSSR count). The third-order valence-electron chi connectivity index (χ3n) is 3.22. The van der Waals surface area contributed by atoms with Crippen molar-refractivity contribution in [1.29, 1.82) is 0 Å². The average molecular weight is 546 g/mol. The first-order valence-electron chi connectivity index (χ1n) is 8.89. The second-order valence-corrected chi connectivity index (χ2v) is 7.15. The van der Waals surface area contributed by atoms with Gasteiger partial charge in [-0.05, 0) is 0 Å². The van der Waals surface area contributed by atoms with Crippen LogP contribution in [0.15, 0.2) is 0 Å². The lowest BCUT2D eigenvalue weighted by molar-refractivity contribution is 0.00249. The zero-order valence-corrected chi connectivity index (χ0v) is 19.4. The van der Waals surface area contributed by atoms with Gasteiger partial charge in [-0.3, -0.25) is 0 Å². The minimum Gasteiger partial charge on any atom is -0.445 e. The largest absolute Gasteiger partial charge is 0.508 e. The number of alkyl halides is 2. The lowest BCUT2D eigenvalue weighted by Gasteiger charge is -2.15. The molecular formula is C16H20Cl4O12. The number of carbonyl (C=O) groups is 4. The molecule has 0 aromatic rings. The van der Waals surface area contributed by atoms with E-state index in [2.05, 4.69) is 18.9 Å². The lowest BCUT2D eigenvalue weighted by atomic mass is 10.4. The summed E-state index contributed by atoms with van der Waals surface area (Å²) < 4.78 is 37.3. The van der Waals surface area contributed by atoms with Gasteiger partial charge in [0.15, 0.2) is 12.2 Å². The average Bonchev–Trinajstić information content (AvgIpc) is 3.65. The molecule has 4 unspecified atom stereocenters.